The third-order valence-electron chi connectivity index (χ3n) is 3.00. The van der Waals surface area contributed by atoms with E-state index in [1.54, 1.807) is 0 Å². The number of aromatic carboxylic acids is 1. The van der Waals surface area contributed by atoms with Gasteiger partial charge in [-0.3, -0.25) is 0 Å². The monoisotopic (exact) mass is 303 g/mol. The maximum atomic E-state index is 13.8. The van der Waals surface area contributed by atoms with Crippen LogP contribution >= 0.6 is 0 Å². The first kappa shape index (κ1) is 15.1. The average Bonchev–Trinajstić information content (AvgIpc) is 2.82. The number of halogens is 1. The number of carboxylic acid groups (broad SMARTS) is 1. The number of benzene rings is 1. The van der Waals surface area contributed by atoms with E-state index in [2.05, 4.69) is 4.74 Å². The number of esters is 1. The number of nitrogens with two attached hydrogens (primary N) is 1. The third kappa shape index (κ3) is 2.35. The molecule has 0 radical (unpaired) electrons. The van der Waals surface area contributed by atoms with Gasteiger partial charge in [0.2, 0.25) is 0 Å². The van der Waals surface area contributed by atoms with Gasteiger partial charge in [-0.25, -0.2) is 14.0 Å². The number of ether oxygens (including phenoxy) is 1. The molecule has 112 valence electrons. The van der Waals surface area contributed by atoms with Crippen LogP contribution in [0, 0.1) is 17.1 Å². The Morgan fingerprint density at radius 1 is 1.45 bits per heavy atom. The summed E-state index contributed by atoms with van der Waals surface area (Å²) in [6.07, 6.45) is 1.25. The average molecular weight is 303 g/mol. The van der Waals surface area contributed by atoms with Crippen molar-refractivity contribution in [3.8, 4) is 11.8 Å². The van der Waals surface area contributed by atoms with Crippen LogP contribution < -0.4 is 5.73 Å². The number of carbonyl (C=O) groups excluding carboxylic acids is 1. The van der Waals surface area contributed by atoms with Crippen LogP contribution in [0.25, 0.3) is 5.69 Å². The number of hydrogen-bond donors (Lipinski definition) is 2. The summed E-state index contributed by atoms with van der Waals surface area (Å²) in [5.41, 5.74) is 5.12. The highest BCUT2D eigenvalue weighted by Crippen LogP contribution is 2.25. The number of nitrogens with zero attached hydrogens (tertiary/aromatic N) is 2. The summed E-state index contributed by atoms with van der Waals surface area (Å²) < 4.78 is 19.6. The number of nitriles is 1. The van der Waals surface area contributed by atoms with Crippen LogP contribution in [0.4, 0.5) is 10.1 Å². The lowest BCUT2D eigenvalue weighted by molar-refractivity contribution is 0.0591. The van der Waals surface area contributed by atoms with Gasteiger partial charge < -0.3 is 20.1 Å². The molecule has 0 unspecified atom stereocenters. The Morgan fingerprint density at radius 2 is 2.14 bits per heavy atom. The second-order valence-electron chi connectivity index (χ2n) is 4.25. The van der Waals surface area contributed by atoms with Crippen molar-refractivity contribution in [1.82, 2.24) is 4.57 Å². The van der Waals surface area contributed by atoms with Crippen LogP contribution in [-0.4, -0.2) is 28.7 Å². The van der Waals surface area contributed by atoms with Crippen molar-refractivity contribution in [2.24, 2.45) is 0 Å². The lowest BCUT2D eigenvalue weighted by Crippen LogP contribution is -2.11. The Labute approximate surface area is 123 Å². The lowest BCUT2D eigenvalue weighted by Gasteiger charge is -2.09. The molecule has 0 spiro atoms. The maximum absolute atomic E-state index is 13.8. The molecule has 0 bridgehead atoms. The maximum Gasteiger partial charge on any atom is 0.357 e. The molecule has 1 aromatic carbocycles. The Balaban J connectivity index is 2.67. The molecule has 0 fully saturated rings. The number of carboxylic acids is 1. The molecular weight excluding hydrogens is 293 g/mol. The predicted octanol–water partition coefficient (Wildman–Crippen LogP) is 1.56. The van der Waals surface area contributed by atoms with E-state index in [-0.39, 0.29) is 22.6 Å². The fraction of sp³-hybridized carbons (Fsp3) is 0.0714. The zero-order valence-electron chi connectivity index (χ0n) is 11.3. The molecule has 8 heteroatoms. The molecule has 0 amide bonds. The van der Waals surface area contributed by atoms with Crippen LogP contribution in [-0.2, 0) is 4.74 Å². The zero-order chi connectivity index (χ0) is 16.4. The largest absolute Gasteiger partial charge is 0.478 e. The van der Waals surface area contributed by atoms with Gasteiger partial charge in [-0.05, 0) is 18.2 Å². The van der Waals surface area contributed by atoms with Gasteiger partial charge >= 0.3 is 11.9 Å². The number of aromatic nitrogens is 1. The summed E-state index contributed by atoms with van der Waals surface area (Å²) in [6, 6.07) is 5.08. The zero-order valence-corrected chi connectivity index (χ0v) is 11.3. The Kier molecular flexibility index (Phi) is 3.81. The number of rotatable bonds is 3. The first-order chi connectivity index (χ1) is 10.4. The fourth-order valence-corrected chi connectivity index (χ4v) is 1.95. The minimum Gasteiger partial charge on any atom is -0.478 e. The normalized spacial score (nSPS) is 10.0. The van der Waals surface area contributed by atoms with Gasteiger partial charge in [-0.1, -0.05) is 0 Å². The fourth-order valence-electron chi connectivity index (χ4n) is 1.95. The molecule has 0 saturated heterocycles. The molecule has 0 aliphatic rings. The van der Waals surface area contributed by atoms with Crippen molar-refractivity contribution >= 4 is 17.6 Å². The van der Waals surface area contributed by atoms with Gasteiger partial charge in [0, 0.05) is 11.9 Å². The summed E-state index contributed by atoms with van der Waals surface area (Å²) in [5.74, 6) is -3.20. The van der Waals surface area contributed by atoms with Crippen LogP contribution in [0.1, 0.15) is 26.4 Å². The number of nitrogen functional groups attached to an aromatic ring is 1. The third-order valence-corrected chi connectivity index (χ3v) is 3.00. The smallest absolute Gasteiger partial charge is 0.357 e. The van der Waals surface area contributed by atoms with E-state index in [1.165, 1.54) is 16.8 Å². The van der Waals surface area contributed by atoms with Gasteiger partial charge in [0.15, 0.2) is 5.69 Å². The van der Waals surface area contributed by atoms with Crippen LogP contribution in [0.2, 0.25) is 0 Å². The first-order valence-electron chi connectivity index (χ1n) is 5.93. The summed E-state index contributed by atoms with van der Waals surface area (Å²) in [4.78, 5) is 22.6. The van der Waals surface area contributed by atoms with Crippen LogP contribution in [0.5, 0.6) is 0 Å². The minimum absolute atomic E-state index is 0.0168. The van der Waals surface area contributed by atoms with Crippen LogP contribution in [0.15, 0.2) is 24.4 Å². The van der Waals surface area contributed by atoms with E-state index < -0.39 is 23.3 Å². The van der Waals surface area contributed by atoms with Crippen molar-refractivity contribution in [3.05, 3.63) is 47.0 Å². The summed E-state index contributed by atoms with van der Waals surface area (Å²) >= 11 is 0. The molecule has 7 nitrogen and oxygen atoms in total. The van der Waals surface area contributed by atoms with Crippen LogP contribution in [0.3, 0.4) is 0 Å². The Bertz CT molecular complexity index is 820. The summed E-state index contributed by atoms with van der Waals surface area (Å²) in [5, 5.41) is 17.8. The van der Waals surface area contributed by atoms with E-state index >= 15 is 0 Å². The quantitative estimate of drug-likeness (QED) is 0.830. The van der Waals surface area contributed by atoms with E-state index in [4.69, 9.17) is 16.1 Å². The molecular formula is C14H10FN3O4. The van der Waals surface area contributed by atoms with Crippen molar-refractivity contribution in [2.45, 2.75) is 0 Å². The molecule has 0 aliphatic carbocycles. The summed E-state index contributed by atoms with van der Waals surface area (Å²) in [6.45, 7) is 0. The standard InChI is InChI=1S/C14H10FN3O4/c1-22-14(21)12-11(17)7(5-16)6-18(12)8-2-3-9(13(19)20)10(15)4-8/h2-4,6H,17H2,1H3,(H,19,20). The van der Waals surface area contributed by atoms with Gasteiger partial charge in [0.1, 0.15) is 11.9 Å². The van der Waals surface area contributed by atoms with Gasteiger partial charge in [0.05, 0.1) is 23.9 Å². The lowest BCUT2D eigenvalue weighted by atomic mass is 10.2. The molecule has 2 rings (SSSR count). The Hall–Kier alpha value is -3.34. The molecule has 1 heterocycles. The number of carbonyl (C=O) groups is 2. The van der Waals surface area contributed by atoms with Gasteiger partial charge in [-0.2, -0.15) is 5.26 Å². The number of hydrogen-bond acceptors (Lipinski definition) is 5. The van der Waals surface area contributed by atoms with E-state index in [0.717, 1.165) is 19.2 Å². The molecule has 0 aliphatic heterocycles. The molecule has 2 aromatic rings. The Morgan fingerprint density at radius 3 is 2.64 bits per heavy atom. The first-order valence-corrected chi connectivity index (χ1v) is 5.93. The van der Waals surface area contributed by atoms with Crippen molar-refractivity contribution in [1.29, 1.82) is 5.26 Å². The predicted molar refractivity (Wildman–Crippen MR) is 73.2 cm³/mol. The van der Waals surface area contributed by atoms with E-state index in [1.807, 2.05) is 6.07 Å². The van der Waals surface area contributed by atoms with Crippen molar-refractivity contribution in [3.63, 3.8) is 0 Å². The van der Waals surface area contributed by atoms with Crippen molar-refractivity contribution in [2.75, 3.05) is 12.8 Å². The SMILES string of the molecule is COC(=O)c1c(N)c(C#N)cn1-c1ccc(C(=O)O)c(F)c1. The molecule has 3 N–H and O–H groups in total. The topological polar surface area (TPSA) is 118 Å². The highest BCUT2D eigenvalue weighted by molar-refractivity contribution is 5.96. The molecule has 0 atom stereocenters. The summed E-state index contributed by atoms with van der Waals surface area (Å²) in [7, 11) is 1.14. The second kappa shape index (κ2) is 5.57. The van der Waals surface area contributed by atoms with Crippen molar-refractivity contribution < 1.29 is 23.8 Å². The number of methoxy groups -OCH3 is 1. The number of anilines is 1. The van der Waals surface area contributed by atoms with Gasteiger partial charge in [0.25, 0.3) is 0 Å². The highest BCUT2D eigenvalue weighted by Gasteiger charge is 2.22. The molecule has 22 heavy (non-hydrogen) atoms. The minimum atomic E-state index is -1.41. The van der Waals surface area contributed by atoms with E-state index in [0.29, 0.717) is 0 Å². The second-order valence-corrected chi connectivity index (χ2v) is 4.25. The molecule has 1 aromatic heterocycles. The highest BCUT2D eigenvalue weighted by atomic mass is 19.1. The van der Waals surface area contributed by atoms with E-state index in [9.17, 15) is 14.0 Å². The molecule has 0 saturated carbocycles. The van der Waals surface area contributed by atoms with Gasteiger partial charge in [-0.15, -0.1) is 0 Å².